The van der Waals surface area contributed by atoms with Gasteiger partial charge in [0.05, 0.1) is 23.0 Å². The first kappa shape index (κ1) is 21.4. The van der Waals surface area contributed by atoms with Crippen LogP contribution in [0.3, 0.4) is 0 Å². The Kier molecular flexibility index (Phi) is 5.26. The molecule has 2 fully saturated rings. The van der Waals surface area contributed by atoms with E-state index < -0.39 is 11.9 Å². The molecule has 0 unspecified atom stereocenters. The zero-order valence-electron chi connectivity index (χ0n) is 18.7. The summed E-state index contributed by atoms with van der Waals surface area (Å²) >= 11 is 0. The molecule has 1 aliphatic heterocycles. The number of hydrogen-bond acceptors (Lipinski definition) is 5. The van der Waals surface area contributed by atoms with E-state index >= 15 is 0 Å². The highest BCUT2D eigenvalue weighted by atomic mass is 19.1. The lowest BCUT2D eigenvalue weighted by Crippen LogP contribution is -2.33. The number of rotatable bonds is 5. The minimum absolute atomic E-state index is 0.147. The molecule has 2 amide bonds. The second-order valence-corrected chi connectivity index (χ2v) is 9.15. The molecule has 3 aromatic rings. The van der Waals surface area contributed by atoms with Gasteiger partial charge in [-0.25, -0.2) is 9.50 Å². The molecule has 3 N–H and O–H groups in total. The summed E-state index contributed by atoms with van der Waals surface area (Å²) in [6, 6.07) is 5.01. The minimum Gasteiger partial charge on any atom is -0.380 e. The summed E-state index contributed by atoms with van der Waals surface area (Å²) < 4.78 is 14.9. The van der Waals surface area contributed by atoms with Gasteiger partial charge in [0.15, 0.2) is 0 Å². The fourth-order valence-electron chi connectivity index (χ4n) is 5.48. The molecule has 0 spiro atoms. The number of likely N-dealkylation sites (tertiary alicyclic amines) is 1. The SMILES string of the molecule is CCC(=O)N1C[C@H]2C[C@@H](Nc3c(C(N)=O)cnn4cc(-c5ccc(F)nc5)cc34)[C@@H](C)[C@@H]2C1. The van der Waals surface area contributed by atoms with Crippen LogP contribution < -0.4 is 11.1 Å². The number of amides is 2. The Labute approximate surface area is 191 Å². The van der Waals surface area contributed by atoms with Crippen molar-refractivity contribution in [2.24, 2.45) is 23.5 Å². The van der Waals surface area contributed by atoms with Gasteiger partial charge >= 0.3 is 0 Å². The maximum Gasteiger partial charge on any atom is 0.252 e. The van der Waals surface area contributed by atoms with Crippen LogP contribution >= 0.6 is 0 Å². The lowest BCUT2D eigenvalue weighted by Gasteiger charge is -2.25. The van der Waals surface area contributed by atoms with Crippen LogP contribution in [0, 0.1) is 23.7 Å². The fourth-order valence-corrected chi connectivity index (χ4v) is 5.48. The second kappa shape index (κ2) is 8.13. The van der Waals surface area contributed by atoms with E-state index in [4.69, 9.17) is 5.73 Å². The van der Waals surface area contributed by atoms with Gasteiger partial charge < -0.3 is 16.0 Å². The number of carbonyl (C=O) groups is 2. The van der Waals surface area contributed by atoms with E-state index in [0.717, 1.165) is 36.2 Å². The first-order chi connectivity index (χ1) is 15.9. The van der Waals surface area contributed by atoms with Gasteiger partial charge in [-0.05, 0) is 42.4 Å². The van der Waals surface area contributed by atoms with E-state index in [9.17, 15) is 14.0 Å². The van der Waals surface area contributed by atoms with Gasteiger partial charge in [0.1, 0.15) is 0 Å². The molecule has 5 rings (SSSR count). The molecule has 0 radical (unpaired) electrons. The summed E-state index contributed by atoms with van der Waals surface area (Å²) in [4.78, 5) is 30.1. The summed E-state index contributed by atoms with van der Waals surface area (Å²) in [5.41, 5.74) is 8.94. The third kappa shape index (κ3) is 3.71. The van der Waals surface area contributed by atoms with Crippen LogP contribution in [0.1, 0.15) is 37.0 Å². The molecule has 4 atom stereocenters. The zero-order valence-corrected chi connectivity index (χ0v) is 18.7. The van der Waals surface area contributed by atoms with Gasteiger partial charge in [-0.3, -0.25) is 9.59 Å². The summed E-state index contributed by atoms with van der Waals surface area (Å²) in [6.07, 6.45) is 6.22. The Bertz CT molecular complexity index is 1220. The Morgan fingerprint density at radius 2 is 2.06 bits per heavy atom. The van der Waals surface area contributed by atoms with Gasteiger partial charge in [0.25, 0.3) is 5.91 Å². The molecule has 172 valence electrons. The normalized spacial score (nSPS) is 24.3. The van der Waals surface area contributed by atoms with E-state index in [2.05, 4.69) is 22.3 Å². The number of nitrogens with one attached hydrogen (secondary N) is 1. The number of nitrogens with zero attached hydrogens (tertiary/aromatic N) is 4. The highest BCUT2D eigenvalue weighted by Gasteiger charge is 2.47. The summed E-state index contributed by atoms with van der Waals surface area (Å²) in [5.74, 6) is 0.317. The molecule has 0 bridgehead atoms. The van der Waals surface area contributed by atoms with Crippen molar-refractivity contribution in [2.75, 3.05) is 18.4 Å². The van der Waals surface area contributed by atoms with Crippen LogP contribution in [0.4, 0.5) is 10.1 Å². The molecule has 1 aliphatic carbocycles. The average molecular weight is 451 g/mol. The van der Waals surface area contributed by atoms with E-state index in [0.29, 0.717) is 35.4 Å². The molecule has 3 aromatic heterocycles. The van der Waals surface area contributed by atoms with E-state index in [1.165, 1.54) is 18.5 Å². The first-order valence-electron chi connectivity index (χ1n) is 11.3. The van der Waals surface area contributed by atoms with E-state index in [1.54, 1.807) is 10.6 Å². The first-order valence-corrected chi connectivity index (χ1v) is 11.3. The third-order valence-corrected chi connectivity index (χ3v) is 7.31. The van der Waals surface area contributed by atoms with Crippen molar-refractivity contribution >= 4 is 23.0 Å². The van der Waals surface area contributed by atoms with Gasteiger partial charge in [-0.2, -0.15) is 9.49 Å². The lowest BCUT2D eigenvalue weighted by molar-refractivity contribution is -0.130. The van der Waals surface area contributed by atoms with Crippen LogP contribution in [-0.4, -0.2) is 50.4 Å². The Hall–Kier alpha value is -3.49. The summed E-state index contributed by atoms with van der Waals surface area (Å²) in [6.45, 7) is 5.69. The predicted molar refractivity (Wildman–Crippen MR) is 122 cm³/mol. The number of nitrogens with two attached hydrogens (primary N) is 1. The predicted octanol–water partition coefficient (Wildman–Crippen LogP) is 2.94. The van der Waals surface area contributed by atoms with Crippen molar-refractivity contribution in [1.29, 1.82) is 0 Å². The van der Waals surface area contributed by atoms with Crippen LogP contribution in [0.5, 0.6) is 0 Å². The van der Waals surface area contributed by atoms with Crippen molar-refractivity contribution in [1.82, 2.24) is 19.5 Å². The number of anilines is 1. The van der Waals surface area contributed by atoms with Gasteiger partial charge in [0.2, 0.25) is 11.9 Å². The smallest absolute Gasteiger partial charge is 0.252 e. The number of primary amides is 1. The molecule has 8 nitrogen and oxygen atoms in total. The largest absolute Gasteiger partial charge is 0.380 e. The number of fused-ring (bicyclic) bond motifs is 2. The average Bonchev–Trinajstić information content (AvgIpc) is 3.49. The Morgan fingerprint density at radius 1 is 1.24 bits per heavy atom. The van der Waals surface area contributed by atoms with E-state index in [1.807, 2.05) is 24.1 Å². The van der Waals surface area contributed by atoms with Gasteiger partial charge in [-0.1, -0.05) is 13.8 Å². The molecule has 9 heteroatoms. The Balaban J connectivity index is 1.46. The highest BCUT2D eigenvalue weighted by Crippen LogP contribution is 2.44. The molecule has 1 saturated carbocycles. The number of carbonyl (C=O) groups excluding carboxylic acids is 2. The maximum atomic E-state index is 13.3. The minimum atomic E-state index is -0.552. The van der Waals surface area contributed by atoms with Gasteiger partial charge in [-0.15, -0.1) is 0 Å². The quantitative estimate of drug-likeness (QED) is 0.582. The lowest BCUT2D eigenvalue weighted by atomic mass is 9.93. The van der Waals surface area contributed by atoms with Crippen molar-refractivity contribution in [3.05, 3.63) is 48.3 Å². The van der Waals surface area contributed by atoms with Gasteiger partial charge in [0, 0.05) is 49.1 Å². The second-order valence-electron chi connectivity index (χ2n) is 9.15. The van der Waals surface area contributed by atoms with Crippen molar-refractivity contribution in [2.45, 2.75) is 32.7 Å². The van der Waals surface area contributed by atoms with Crippen molar-refractivity contribution < 1.29 is 14.0 Å². The molecule has 2 aliphatic rings. The zero-order chi connectivity index (χ0) is 23.3. The molecular formula is C24H27FN6O2. The maximum absolute atomic E-state index is 13.3. The van der Waals surface area contributed by atoms with Crippen LogP contribution in [0.25, 0.3) is 16.6 Å². The topological polar surface area (TPSA) is 106 Å². The van der Waals surface area contributed by atoms with Crippen molar-refractivity contribution in [3.8, 4) is 11.1 Å². The van der Waals surface area contributed by atoms with Crippen LogP contribution in [-0.2, 0) is 4.79 Å². The molecule has 1 saturated heterocycles. The standard InChI is InChI=1S/C24H27FN6O2/c1-3-22(32)30-10-16-6-19(13(2)18(16)12-30)29-23-17(24(26)33)9-28-31-11-15(7-20(23)31)14-4-5-21(25)27-8-14/h4-5,7-9,11,13,16,18-19,29H,3,6,10,12H2,1-2H3,(H2,26,33)/t13-,16+,18-,19+/m0/s1. The van der Waals surface area contributed by atoms with E-state index in [-0.39, 0.29) is 11.9 Å². The number of hydrogen-bond donors (Lipinski definition) is 2. The molecular weight excluding hydrogens is 423 g/mol. The van der Waals surface area contributed by atoms with Crippen LogP contribution in [0.2, 0.25) is 0 Å². The Morgan fingerprint density at radius 3 is 2.73 bits per heavy atom. The summed E-state index contributed by atoms with van der Waals surface area (Å²) in [7, 11) is 0. The van der Waals surface area contributed by atoms with Crippen molar-refractivity contribution in [3.63, 3.8) is 0 Å². The third-order valence-electron chi connectivity index (χ3n) is 7.31. The fraction of sp³-hybridized carbons (Fsp3) is 0.417. The number of aromatic nitrogens is 3. The van der Waals surface area contributed by atoms with Crippen LogP contribution in [0.15, 0.2) is 36.8 Å². The summed E-state index contributed by atoms with van der Waals surface area (Å²) in [5, 5.41) is 7.96. The molecule has 0 aromatic carbocycles. The number of pyridine rings is 1. The number of halogens is 1. The monoisotopic (exact) mass is 450 g/mol. The molecule has 33 heavy (non-hydrogen) atoms. The molecule has 4 heterocycles. The highest BCUT2D eigenvalue weighted by molar-refractivity contribution is 6.02.